The molecule has 2 aromatic rings. The highest BCUT2D eigenvalue weighted by molar-refractivity contribution is 7.80. The first-order valence-corrected chi connectivity index (χ1v) is 11.2. The number of hydrogen-bond acceptors (Lipinski definition) is 3. The zero-order chi connectivity index (χ0) is 21.4. The lowest BCUT2D eigenvalue weighted by atomic mass is 10.0. The van der Waals surface area contributed by atoms with Crippen molar-refractivity contribution in [2.45, 2.75) is 54.0 Å². The number of H-pyrrole nitrogens is 1. The predicted molar refractivity (Wildman–Crippen MR) is 128 cm³/mol. The van der Waals surface area contributed by atoms with Crippen molar-refractivity contribution in [1.82, 2.24) is 20.1 Å². The number of pyridine rings is 1. The van der Waals surface area contributed by atoms with Crippen LogP contribution in [-0.2, 0) is 6.54 Å². The number of aromatic nitrogens is 1. The van der Waals surface area contributed by atoms with E-state index in [0.29, 0.717) is 6.54 Å². The van der Waals surface area contributed by atoms with Crippen molar-refractivity contribution in [1.29, 1.82) is 0 Å². The van der Waals surface area contributed by atoms with Gasteiger partial charge in [0.2, 0.25) is 0 Å². The molecule has 0 bridgehead atoms. The number of rotatable bonds is 10. The molecule has 29 heavy (non-hydrogen) atoms. The van der Waals surface area contributed by atoms with Crippen molar-refractivity contribution in [3.05, 3.63) is 45.2 Å². The van der Waals surface area contributed by atoms with Crippen molar-refractivity contribution in [3.8, 4) is 0 Å². The van der Waals surface area contributed by atoms with Gasteiger partial charge in [-0.2, -0.15) is 0 Å². The normalized spacial score (nSPS) is 11.2. The van der Waals surface area contributed by atoms with Crippen LogP contribution >= 0.6 is 12.2 Å². The summed E-state index contributed by atoms with van der Waals surface area (Å²) in [6.45, 7) is 15.8. The number of hydrogen-bond donors (Lipinski definition) is 2. The molecule has 0 spiro atoms. The molecular formula is C23H36N4OS. The van der Waals surface area contributed by atoms with Crippen LogP contribution in [0.25, 0.3) is 10.9 Å². The average molecular weight is 417 g/mol. The molecular weight excluding hydrogens is 380 g/mol. The van der Waals surface area contributed by atoms with Crippen molar-refractivity contribution < 1.29 is 0 Å². The number of fused-ring (bicyclic) bond motifs is 1. The highest BCUT2D eigenvalue weighted by Gasteiger charge is 2.14. The van der Waals surface area contributed by atoms with Gasteiger partial charge in [-0.3, -0.25) is 4.79 Å². The fourth-order valence-corrected chi connectivity index (χ4v) is 3.64. The van der Waals surface area contributed by atoms with Gasteiger partial charge in [-0.15, -0.1) is 0 Å². The summed E-state index contributed by atoms with van der Waals surface area (Å²) in [5, 5.41) is 5.16. The number of nitrogens with zero attached hydrogens (tertiary/aromatic N) is 2. The molecule has 0 radical (unpaired) electrons. The molecule has 5 nitrogen and oxygen atoms in total. The van der Waals surface area contributed by atoms with Crippen molar-refractivity contribution >= 4 is 28.2 Å². The third-order valence-electron chi connectivity index (χ3n) is 5.57. The molecule has 2 rings (SSSR count). The lowest BCUT2D eigenvalue weighted by molar-refractivity contribution is 0.263. The number of aryl methyl sites for hydroxylation is 2. The molecule has 0 atom stereocenters. The Morgan fingerprint density at radius 2 is 1.76 bits per heavy atom. The van der Waals surface area contributed by atoms with E-state index >= 15 is 0 Å². The van der Waals surface area contributed by atoms with Gasteiger partial charge in [0.05, 0.1) is 6.54 Å². The Kier molecular flexibility index (Phi) is 9.11. The number of aromatic amines is 1. The molecule has 0 unspecified atom stereocenters. The number of nitrogens with one attached hydrogen (secondary N) is 2. The molecule has 0 aliphatic heterocycles. The van der Waals surface area contributed by atoms with Crippen LogP contribution in [0.5, 0.6) is 0 Å². The van der Waals surface area contributed by atoms with Crippen LogP contribution in [0, 0.1) is 13.8 Å². The zero-order valence-electron chi connectivity index (χ0n) is 18.6. The lowest BCUT2D eigenvalue weighted by Crippen LogP contribution is -2.44. The van der Waals surface area contributed by atoms with Crippen molar-refractivity contribution in [2.24, 2.45) is 0 Å². The van der Waals surface area contributed by atoms with E-state index in [9.17, 15) is 4.79 Å². The van der Waals surface area contributed by atoms with E-state index in [1.165, 1.54) is 11.1 Å². The highest BCUT2D eigenvalue weighted by atomic mass is 32.1. The Balaban J connectivity index is 2.25. The number of thiocarbonyl (C=S) groups is 1. The molecule has 6 heteroatoms. The first-order chi connectivity index (χ1) is 13.9. The largest absolute Gasteiger partial charge is 0.363 e. The van der Waals surface area contributed by atoms with Gasteiger partial charge in [-0.1, -0.05) is 27.2 Å². The SMILES string of the molecule is CCCCNC(=S)N(CCN(CC)CC)Cc1cc2cc(C)c(C)cc2[nH]c1=O. The summed E-state index contributed by atoms with van der Waals surface area (Å²) in [5.74, 6) is 0. The minimum Gasteiger partial charge on any atom is -0.363 e. The zero-order valence-corrected chi connectivity index (χ0v) is 19.4. The maximum absolute atomic E-state index is 12.7. The van der Waals surface area contributed by atoms with Gasteiger partial charge in [0.25, 0.3) is 5.56 Å². The second kappa shape index (κ2) is 11.3. The Morgan fingerprint density at radius 3 is 2.41 bits per heavy atom. The molecule has 1 heterocycles. The second-order valence-electron chi connectivity index (χ2n) is 7.68. The van der Waals surface area contributed by atoms with E-state index in [0.717, 1.165) is 67.1 Å². The van der Waals surface area contributed by atoms with E-state index in [-0.39, 0.29) is 5.56 Å². The van der Waals surface area contributed by atoms with E-state index in [1.807, 2.05) is 12.1 Å². The van der Waals surface area contributed by atoms with E-state index in [4.69, 9.17) is 12.2 Å². The Morgan fingerprint density at radius 1 is 1.07 bits per heavy atom. The Bertz CT molecular complexity index is 873. The molecule has 1 aromatic heterocycles. The minimum absolute atomic E-state index is 0.0371. The second-order valence-corrected chi connectivity index (χ2v) is 8.07. The van der Waals surface area contributed by atoms with E-state index in [2.05, 4.69) is 60.8 Å². The highest BCUT2D eigenvalue weighted by Crippen LogP contribution is 2.18. The Labute approximate surface area is 180 Å². The number of likely N-dealkylation sites (N-methyl/N-ethyl adjacent to an activating group) is 1. The van der Waals surface area contributed by atoms with Crippen LogP contribution < -0.4 is 10.9 Å². The van der Waals surface area contributed by atoms with Gasteiger partial charge in [-0.05, 0) is 80.3 Å². The Hall–Kier alpha value is -1.92. The standard InChI is InChI=1S/C23H36N4OS/c1-6-9-10-24-23(29)27(12-11-26(7-2)8-3)16-20-15-19-13-17(4)18(5)14-21(19)25-22(20)28/h13-15H,6-12,16H2,1-5H3,(H,24,29)(H,25,28). The minimum atomic E-state index is -0.0371. The summed E-state index contributed by atoms with van der Waals surface area (Å²) in [4.78, 5) is 20.3. The third-order valence-corrected chi connectivity index (χ3v) is 5.97. The lowest BCUT2D eigenvalue weighted by Gasteiger charge is -2.29. The van der Waals surface area contributed by atoms with Crippen LogP contribution in [0.2, 0.25) is 0 Å². The molecule has 0 fully saturated rings. The van der Waals surface area contributed by atoms with Crippen LogP contribution in [0.1, 0.15) is 50.3 Å². The summed E-state index contributed by atoms with van der Waals surface area (Å²) >= 11 is 5.67. The molecule has 2 N–H and O–H groups in total. The van der Waals surface area contributed by atoms with Crippen molar-refractivity contribution in [2.75, 3.05) is 32.7 Å². The van der Waals surface area contributed by atoms with Crippen LogP contribution in [0.15, 0.2) is 23.0 Å². The molecule has 0 amide bonds. The van der Waals surface area contributed by atoms with Gasteiger partial charge in [-0.25, -0.2) is 0 Å². The third kappa shape index (κ3) is 6.54. The molecule has 0 aliphatic carbocycles. The van der Waals surface area contributed by atoms with Crippen LogP contribution in [0.4, 0.5) is 0 Å². The first-order valence-electron chi connectivity index (χ1n) is 10.8. The summed E-state index contributed by atoms with van der Waals surface area (Å²) < 4.78 is 0. The monoisotopic (exact) mass is 416 g/mol. The smallest absolute Gasteiger partial charge is 0.253 e. The summed E-state index contributed by atoms with van der Waals surface area (Å²) in [6.07, 6.45) is 2.21. The number of unbranched alkanes of at least 4 members (excludes halogenated alkanes) is 1. The molecule has 0 saturated heterocycles. The maximum atomic E-state index is 12.7. The summed E-state index contributed by atoms with van der Waals surface area (Å²) in [5.41, 5.74) is 4.01. The fourth-order valence-electron chi connectivity index (χ4n) is 3.38. The molecule has 0 saturated carbocycles. The molecule has 0 aliphatic rings. The van der Waals surface area contributed by atoms with E-state index < -0.39 is 0 Å². The van der Waals surface area contributed by atoms with Crippen LogP contribution in [-0.4, -0.2) is 52.6 Å². The topological polar surface area (TPSA) is 51.4 Å². The van der Waals surface area contributed by atoms with Gasteiger partial charge in [0.1, 0.15) is 0 Å². The van der Waals surface area contributed by atoms with Crippen LogP contribution in [0.3, 0.4) is 0 Å². The average Bonchev–Trinajstić information content (AvgIpc) is 2.69. The molecule has 1 aromatic carbocycles. The van der Waals surface area contributed by atoms with E-state index in [1.54, 1.807) is 0 Å². The van der Waals surface area contributed by atoms with Gasteiger partial charge < -0.3 is 20.1 Å². The molecule has 160 valence electrons. The van der Waals surface area contributed by atoms with Crippen molar-refractivity contribution in [3.63, 3.8) is 0 Å². The summed E-state index contributed by atoms with van der Waals surface area (Å²) in [7, 11) is 0. The number of benzene rings is 1. The summed E-state index contributed by atoms with van der Waals surface area (Å²) in [6, 6.07) is 6.20. The quantitative estimate of drug-likeness (QED) is 0.453. The first kappa shape index (κ1) is 23.4. The maximum Gasteiger partial charge on any atom is 0.253 e. The fraction of sp³-hybridized carbons (Fsp3) is 0.565. The van der Waals surface area contributed by atoms with Gasteiger partial charge in [0, 0.05) is 30.7 Å². The van der Waals surface area contributed by atoms with Gasteiger partial charge >= 0.3 is 0 Å². The van der Waals surface area contributed by atoms with Gasteiger partial charge in [0.15, 0.2) is 5.11 Å². The predicted octanol–water partition coefficient (Wildman–Crippen LogP) is 3.96.